The van der Waals surface area contributed by atoms with E-state index in [2.05, 4.69) is 16.0 Å². The van der Waals surface area contributed by atoms with E-state index >= 15 is 0 Å². The van der Waals surface area contributed by atoms with Crippen molar-refractivity contribution in [2.75, 3.05) is 10.6 Å². The molecule has 6 heteroatoms. The fourth-order valence-electron chi connectivity index (χ4n) is 2.73. The van der Waals surface area contributed by atoms with E-state index in [0.29, 0.717) is 12.8 Å². The molecule has 1 saturated carbocycles. The molecule has 0 aromatic heterocycles. The van der Waals surface area contributed by atoms with Gasteiger partial charge in [-0.1, -0.05) is 36.4 Å². The van der Waals surface area contributed by atoms with Crippen molar-refractivity contribution in [3.05, 3.63) is 59.7 Å². The summed E-state index contributed by atoms with van der Waals surface area (Å²) in [5.74, 6) is 0.0743. The van der Waals surface area contributed by atoms with Gasteiger partial charge in [0, 0.05) is 23.7 Å². The highest BCUT2D eigenvalue weighted by atomic mass is 32.1. The van der Waals surface area contributed by atoms with Crippen LogP contribution in [-0.4, -0.2) is 16.9 Å². The Kier molecular flexibility index (Phi) is 6.19. The molecule has 2 aromatic rings. The number of nitrogens with one attached hydrogen (secondary N) is 3. The lowest BCUT2D eigenvalue weighted by Crippen LogP contribution is -2.34. The number of amides is 2. The van der Waals surface area contributed by atoms with Gasteiger partial charge < -0.3 is 16.0 Å². The van der Waals surface area contributed by atoms with E-state index < -0.39 is 0 Å². The van der Waals surface area contributed by atoms with E-state index in [1.54, 1.807) is 0 Å². The number of rotatable bonds is 6. The molecule has 2 aromatic carbocycles. The number of benzene rings is 2. The molecule has 3 rings (SSSR count). The Balaban J connectivity index is 1.52. The van der Waals surface area contributed by atoms with E-state index in [4.69, 9.17) is 12.2 Å². The smallest absolute Gasteiger partial charge is 0.227 e. The zero-order valence-corrected chi connectivity index (χ0v) is 16.1. The summed E-state index contributed by atoms with van der Waals surface area (Å²) in [6.45, 7) is 1.91. The Morgan fingerprint density at radius 3 is 2.33 bits per heavy atom. The second-order valence-electron chi connectivity index (χ2n) is 6.73. The highest BCUT2D eigenvalue weighted by molar-refractivity contribution is 7.80. The monoisotopic (exact) mass is 381 g/mol. The molecule has 1 aliphatic carbocycles. The van der Waals surface area contributed by atoms with Gasteiger partial charge in [-0.15, -0.1) is 0 Å². The second-order valence-corrected chi connectivity index (χ2v) is 7.14. The maximum atomic E-state index is 12.1. The number of aryl methyl sites for hydroxylation is 1. The van der Waals surface area contributed by atoms with Gasteiger partial charge in [0.15, 0.2) is 5.11 Å². The van der Waals surface area contributed by atoms with Crippen molar-refractivity contribution in [3.63, 3.8) is 0 Å². The predicted octanol–water partition coefficient (Wildman–Crippen LogP) is 3.79. The molecule has 27 heavy (non-hydrogen) atoms. The van der Waals surface area contributed by atoms with Crippen molar-refractivity contribution >= 4 is 40.5 Å². The minimum absolute atomic E-state index is 0.0621. The standard InChI is InChI=1S/C21H23N3O2S/c1-14-17(22-20(26)16-11-12-16)8-5-9-18(14)23-21(27)24-19(25)13-10-15-6-3-2-4-7-15/h2-9,16H,10-13H2,1H3,(H,22,26)(H2,23,24,25,27). The van der Waals surface area contributed by atoms with Crippen LogP contribution in [-0.2, 0) is 16.0 Å². The topological polar surface area (TPSA) is 70.2 Å². The number of thiocarbonyl (C=S) groups is 1. The zero-order valence-electron chi connectivity index (χ0n) is 15.2. The molecule has 0 atom stereocenters. The maximum Gasteiger partial charge on any atom is 0.227 e. The third-order valence-corrected chi connectivity index (χ3v) is 4.73. The third-order valence-electron chi connectivity index (χ3n) is 4.52. The van der Waals surface area contributed by atoms with Crippen LogP contribution in [0.4, 0.5) is 11.4 Å². The SMILES string of the molecule is Cc1c(NC(=O)C2CC2)cccc1NC(=S)NC(=O)CCc1ccccc1. The summed E-state index contributed by atoms with van der Waals surface area (Å²) in [6.07, 6.45) is 2.95. The molecule has 0 bridgehead atoms. The van der Waals surface area contributed by atoms with Gasteiger partial charge in [0.2, 0.25) is 11.8 Å². The summed E-state index contributed by atoms with van der Waals surface area (Å²) in [5, 5.41) is 8.96. The molecule has 0 radical (unpaired) electrons. The molecular formula is C21H23N3O2S. The average Bonchev–Trinajstić information content (AvgIpc) is 3.49. The normalized spacial score (nSPS) is 12.9. The summed E-state index contributed by atoms with van der Waals surface area (Å²) in [5.41, 5.74) is 3.51. The molecule has 0 saturated heterocycles. The van der Waals surface area contributed by atoms with Crippen LogP contribution in [0.25, 0.3) is 0 Å². The molecule has 0 unspecified atom stereocenters. The summed E-state index contributed by atoms with van der Waals surface area (Å²) < 4.78 is 0. The summed E-state index contributed by atoms with van der Waals surface area (Å²) >= 11 is 5.26. The lowest BCUT2D eigenvalue weighted by molar-refractivity contribution is -0.119. The zero-order chi connectivity index (χ0) is 19.2. The largest absolute Gasteiger partial charge is 0.332 e. The second kappa shape index (κ2) is 8.77. The fourth-order valence-corrected chi connectivity index (χ4v) is 2.96. The van der Waals surface area contributed by atoms with Gasteiger partial charge in [-0.25, -0.2) is 0 Å². The molecule has 0 aliphatic heterocycles. The fraction of sp³-hybridized carbons (Fsp3) is 0.286. The molecule has 1 aliphatic rings. The van der Waals surface area contributed by atoms with Crippen LogP contribution in [0, 0.1) is 12.8 Å². The Hall–Kier alpha value is -2.73. The number of hydrogen-bond donors (Lipinski definition) is 3. The maximum absolute atomic E-state index is 12.1. The van der Waals surface area contributed by atoms with Crippen LogP contribution in [0.15, 0.2) is 48.5 Å². The molecule has 140 valence electrons. The van der Waals surface area contributed by atoms with Gasteiger partial charge in [-0.3, -0.25) is 9.59 Å². The third kappa shape index (κ3) is 5.62. The number of hydrogen-bond acceptors (Lipinski definition) is 3. The Morgan fingerprint density at radius 1 is 1.00 bits per heavy atom. The van der Waals surface area contributed by atoms with Gasteiger partial charge >= 0.3 is 0 Å². The first-order valence-corrected chi connectivity index (χ1v) is 9.49. The molecular weight excluding hydrogens is 358 g/mol. The molecule has 1 fully saturated rings. The van der Waals surface area contributed by atoms with Gasteiger partial charge in [-0.05, 0) is 61.7 Å². The minimum atomic E-state index is -0.132. The lowest BCUT2D eigenvalue weighted by atomic mass is 10.1. The number of carbonyl (C=O) groups excluding carboxylic acids is 2. The average molecular weight is 382 g/mol. The first-order chi connectivity index (χ1) is 13.0. The first-order valence-electron chi connectivity index (χ1n) is 9.08. The van der Waals surface area contributed by atoms with E-state index in [9.17, 15) is 9.59 Å². The summed E-state index contributed by atoms with van der Waals surface area (Å²) in [7, 11) is 0. The van der Waals surface area contributed by atoms with Gasteiger partial charge in [0.05, 0.1) is 0 Å². The van der Waals surface area contributed by atoms with E-state index in [0.717, 1.165) is 35.3 Å². The minimum Gasteiger partial charge on any atom is -0.332 e. The van der Waals surface area contributed by atoms with E-state index in [1.165, 1.54) is 0 Å². The number of carbonyl (C=O) groups is 2. The quantitative estimate of drug-likeness (QED) is 0.666. The van der Waals surface area contributed by atoms with E-state index in [-0.39, 0.29) is 22.8 Å². The van der Waals surface area contributed by atoms with Crippen molar-refractivity contribution in [1.29, 1.82) is 0 Å². The van der Waals surface area contributed by atoms with Crippen molar-refractivity contribution in [2.24, 2.45) is 5.92 Å². The van der Waals surface area contributed by atoms with Gasteiger partial charge in [-0.2, -0.15) is 0 Å². The lowest BCUT2D eigenvalue weighted by Gasteiger charge is -2.15. The van der Waals surface area contributed by atoms with E-state index in [1.807, 2.05) is 55.5 Å². The molecule has 5 nitrogen and oxygen atoms in total. The Bertz CT molecular complexity index is 848. The van der Waals surface area contributed by atoms with Gasteiger partial charge in [0.1, 0.15) is 0 Å². The Labute approximate surface area is 164 Å². The molecule has 2 amide bonds. The molecule has 0 heterocycles. The predicted molar refractivity (Wildman–Crippen MR) is 112 cm³/mol. The Morgan fingerprint density at radius 2 is 1.67 bits per heavy atom. The van der Waals surface area contributed by atoms with Crippen LogP contribution in [0.1, 0.15) is 30.4 Å². The van der Waals surface area contributed by atoms with Crippen molar-refractivity contribution in [2.45, 2.75) is 32.6 Å². The van der Waals surface area contributed by atoms with Crippen LogP contribution >= 0.6 is 12.2 Å². The highest BCUT2D eigenvalue weighted by Crippen LogP contribution is 2.31. The van der Waals surface area contributed by atoms with Crippen LogP contribution in [0.5, 0.6) is 0 Å². The molecule has 3 N–H and O–H groups in total. The van der Waals surface area contributed by atoms with Crippen molar-refractivity contribution < 1.29 is 9.59 Å². The summed E-state index contributed by atoms with van der Waals surface area (Å²) in [6, 6.07) is 15.4. The van der Waals surface area contributed by atoms with Crippen molar-refractivity contribution in [1.82, 2.24) is 5.32 Å². The summed E-state index contributed by atoms with van der Waals surface area (Å²) in [4.78, 5) is 24.1. The van der Waals surface area contributed by atoms with Crippen molar-refractivity contribution in [3.8, 4) is 0 Å². The number of anilines is 2. The van der Waals surface area contributed by atoms with Crippen LogP contribution in [0.3, 0.4) is 0 Å². The first kappa shape index (κ1) is 19.0. The molecule has 0 spiro atoms. The van der Waals surface area contributed by atoms with Gasteiger partial charge in [0.25, 0.3) is 0 Å². The van der Waals surface area contributed by atoms with Crippen LogP contribution < -0.4 is 16.0 Å². The van der Waals surface area contributed by atoms with Crippen LogP contribution in [0.2, 0.25) is 0 Å². The highest BCUT2D eigenvalue weighted by Gasteiger charge is 2.29.